The second kappa shape index (κ2) is 7.23. The van der Waals surface area contributed by atoms with Crippen molar-refractivity contribution in [2.75, 3.05) is 20.1 Å². The van der Waals surface area contributed by atoms with Crippen LogP contribution in [-0.4, -0.2) is 46.9 Å². The summed E-state index contributed by atoms with van der Waals surface area (Å²) in [5, 5.41) is 2.82. The van der Waals surface area contributed by atoms with Crippen LogP contribution in [0.2, 0.25) is 0 Å². The Morgan fingerprint density at radius 3 is 2.87 bits per heavy atom. The highest BCUT2D eigenvalue weighted by Crippen LogP contribution is 2.19. The number of likely N-dealkylation sites (tertiary alicyclic amines) is 1. The minimum absolute atomic E-state index is 0.0761. The van der Waals surface area contributed by atoms with Crippen LogP contribution in [0.4, 0.5) is 0 Å². The molecule has 1 amide bonds. The molecular weight excluding hydrogens is 306 g/mol. The van der Waals surface area contributed by atoms with Gasteiger partial charge in [0.1, 0.15) is 5.69 Å². The van der Waals surface area contributed by atoms with Crippen LogP contribution < -0.4 is 0 Å². The van der Waals surface area contributed by atoms with E-state index in [0.717, 1.165) is 37.5 Å². The van der Waals surface area contributed by atoms with Crippen LogP contribution in [0.1, 0.15) is 33.9 Å². The van der Waals surface area contributed by atoms with Gasteiger partial charge in [-0.1, -0.05) is 30.3 Å². The number of hydrogen-bond acceptors (Lipinski definition) is 4. The van der Waals surface area contributed by atoms with Crippen LogP contribution in [0.25, 0.3) is 0 Å². The fraction of sp³-hybridized carbons (Fsp3) is 0.444. The Bertz CT molecular complexity index is 655. The van der Waals surface area contributed by atoms with Gasteiger partial charge in [-0.15, -0.1) is 11.3 Å². The van der Waals surface area contributed by atoms with Crippen LogP contribution in [0.5, 0.6) is 0 Å². The van der Waals surface area contributed by atoms with Crippen molar-refractivity contribution in [2.24, 2.45) is 0 Å². The van der Waals surface area contributed by atoms with E-state index in [0.29, 0.717) is 11.7 Å². The molecule has 0 spiro atoms. The smallest absolute Gasteiger partial charge is 0.273 e. The molecule has 0 N–H and O–H groups in total. The van der Waals surface area contributed by atoms with Crippen molar-refractivity contribution in [3.63, 3.8) is 0 Å². The lowest BCUT2D eigenvalue weighted by molar-refractivity contribution is 0.0597. The number of nitrogens with zero attached hydrogens (tertiary/aromatic N) is 3. The summed E-state index contributed by atoms with van der Waals surface area (Å²) in [5.41, 5.74) is 1.91. The molecule has 0 saturated carbocycles. The third kappa shape index (κ3) is 3.98. The van der Waals surface area contributed by atoms with Gasteiger partial charge < -0.3 is 4.90 Å². The lowest BCUT2D eigenvalue weighted by atomic mass is 10.0. The van der Waals surface area contributed by atoms with E-state index in [1.54, 1.807) is 0 Å². The van der Waals surface area contributed by atoms with Gasteiger partial charge >= 0.3 is 0 Å². The summed E-state index contributed by atoms with van der Waals surface area (Å²) in [5.74, 6) is 0.0761. The van der Waals surface area contributed by atoms with Gasteiger partial charge in [-0.25, -0.2) is 4.98 Å². The molecule has 122 valence electrons. The fourth-order valence-electron chi connectivity index (χ4n) is 3.12. The van der Waals surface area contributed by atoms with Crippen LogP contribution in [0.3, 0.4) is 0 Å². The Hall–Kier alpha value is -1.72. The molecule has 2 heterocycles. The van der Waals surface area contributed by atoms with Crippen LogP contribution in [0.15, 0.2) is 35.7 Å². The maximum Gasteiger partial charge on any atom is 0.273 e. The minimum Gasteiger partial charge on any atom is -0.336 e. The molecule has 23 heavy (non-hydrogen) atoms. The Labute approximate surface area is 141 Å². The fourth-order valence-corrected chi connectivity index (χ4v) is 3.71. The molecule has 1 aromatic carbocycles. The van der Waals surface area contributed by atoms with Gasteiger partial charge in [0.2, 0.25) is 0 Å². The molecule has 0 aliphatic carbocycles. The number of likely N-dealkylation sites (N-methyl/N-ethyl adjacent to an activating group) is 1. The number of carbonyl (C=O) groups excluding carboxylic acids is 1. The van der Waals surface area contributed by atoms with E-state index < -0.39 is 0 Å². The maximum absolute atomic E-state index is 12.6. The summed E-state index contributed by atoms with van der Waals surface area (Å²) in [7, 11) is 2.15. The lowest BCUT2D eigenvalue weighted by Gasteiger charge is -2.37. The first-order valence-electron chi connectivity index (χ1n) is 8.09. The van der Waals surface area contributed by atoms with Crippen molar-refractivity contribution in [1.29, 1.82) is 0 Å². The highest BCUT2D eigenvalue weighted by atomic mass is 32.1. The molecule has 1 aliphatic rings. The van der Waals surface area contributed by atoms with Gasteiger partial charge in [0.25, 0.3) is 5.91 Å². The van der Waals surface area contributed by atoms with Gasteiger partial charge in [0.15, 0.2) is 0 Å². The van der Waals surface area contributed by atoms with Crippen molar-refractivity contribution in [3.8, 4) is 0 Å². The zero-order valence-electron chi connectivity index (χ0n) is 13.7. The van der Waals surface area contributed by atoms with E-state index in [4.69, 9.17) is 0 Å². The molecular formula is C18H23N3OS. The first-order chi connectivity index (χ1) is 11.1. The topological polar surface area (TPSA) is 36.4 Å². The third-order valence-corrected chi connectivity index (χ3v) is 5.19. The van der Waals surface area contributed by atoms with Crippen molar-refractivity contribution in [2.45, 2.75) is 32.4 Å². The number of piperidine rings is 1. The maximum atomic E-state index is 12.6. The number of carbonyl (C=O) groups is 1. The molecule has 5 heteroatoms. The van der Waals surface area contributed by atoms with Gasteiger partial charge in [0.05, 0.1) is 5.01 Å². The lowest BCUT2D eigenvalue weighted by Crippen LogP contribution is -2.48. The molecule has 1 atom stereocenters. The molecule has 1 aliphatic heterocycles. The summed E-state index contributed by atoms with van der Waals surface area (Å²) in [6.07, 6.45) is 2.20. The normalized spacial score (nSPS) is 18.4. The first-order valence-corrected chi connectivity index (χ1v) is 8.97. The number of aryl methyl sites for hydroxylation is 1. The van der Waals surface area contributed by atoms with Crippen LogP contribution in [-0.2, 0) is 6.54 Å². The summed E-state index contributed by atoms with van der Waals surface area (Å²) in [6, 6.07) is 10.9. The molecule has 4 nitrogen and oxygen atoms in total. The number of thiazole rings is 1. The predicted octanol–water partition coefficient (Wildman–Crippen LogP) is 3.19. The SMILES string of the molecule is Cc1nc(C(=O)N2CCCC(N(C)Cc3ccccc3)C2)cs1. The Morgan fingerprint density at radius 2 is 2.17 bits per heavy atom. The van der Waals surface area contributed by atoms with E-state index in [9.17, 15) is 4.79 Å². The van der Waals surface area contributed by atoms with Gasteiger partial charge in [-0.05, 0) is 32.4 Å². The van der Waals surface area contributed by atoms with Crippen LogP contribution >= 0.6 is 11.3 Å². The number of aromatic nitrogens is 1. The Kier molecular flexibility index (Phi) is 5.08. The summed E-state index contributed by atoms with van der Waals surface area (Å²) in [4.78, 5) is 21.3. The number of benzene rings is 1. The molecule has 2 aromatic rings. The molecule has 0 bridgehead atoms. The van der Waals surface area contributed by atoms with E-state index >= 15 is 0 Å². The minimum atomic E-state index is 0.0761. The first kappa shape index (κ1) is 16.1. The van der Waals surface area contributed by atoms with Crippen molar-refractivity contribution in [3.05, 3.63) is 52.0 Å². The Morgan fingerprint density at radius 1 is 1.39 bits per heavy atom. The molecule has 1 saturated heterocycles. The highest BCUT2D eigenvalue weighted by Gasteiger charge is 2.27. The second-order valence-electron chi connectivity index (χ2n) is 6.20. The Balaban J connectivity index is 1.62. The van der Waals surface area contributed by atoms with E-state index in [-0.39, 0.29) is 5.91 Å². The van der Waals surface area contributed by atoms with E-state index in [2.05, 4.69) is 41.2 Å². The highest BCUT2D eigenvalue weighted by molar-refractivity contribution is 7.09. The molecule has 1 fully saturated rings. The third-order valence-electron chi connectivity index (χ3n) is 4.42. The van der Waals surface area contributed by atoms with E-state index in [1.807, 2.05) is 23.3 Å². The zero-order chi connectivity index (χ0) is 16.2. The number of rotatable bonds is 4. The zero-order valence-corrected chi connectivity index (χ0v) is 14.6. The second-order valence-corrected chi connectivity index (χ2v) is 7.26. The monoisotopic (exact) mass is 329 g/mol. The van der Waals surface area contributed by atoms with Gasteiger partial charge in [-0.3, -0.25) is 9.69 Å². The van der Waals surface area contributed by atoms with Crippen molar-refractivity contribution >= 4 is 17.2 Å². The standard InChI is InChI=1S/C18H23N3OS/c1-14-19-17(13-23-14)18(22)21-10-6-9-16(12-21)20(2)11-15-7-4-3-5-8-15/h3-5,7-8,13,16H,6,9-12H2,1-2H3. The number of amides is 1. The summed E-state index contributed by atoms with van der Waals surface area (Å²) < 4.78 is 0. The van der Waals surface area contributed by atoms with Crippen LogP contribution in [0, 0.1) is 6.92 Å². The van der Waals surface area contributed by atoms with E-state index in [1.165, 1.54) is 16.9 Å². The van der Waals surface area contributed by atoms with Gasteiger partial charge in [-0.2, -0.15) is 0 Å². The number of hydrogen-bond donors (Lipinski definition) is 0. The molecule has 0 radical (unpaired) electrons. The molecule has 1 unspecified atom stereocenters. The predicted molar refractivity (Wildman–Crippen MR) is 93.7 cm³/mol. The summed E-state index contributed by atoms with van der Waals surface area (Å²) >= 11 is 1.54. The largest absolute Gasteiger partial charge is 0.336 e. The van der Waals surface area contributed by atoms with Crippen molar-refractivity contribution < 1.29 is 4.79 Å². The quantitative estimate of drug-likeness (QED) is 0.864. The van der Waals surface area contributed by atoms with Gasteiger partial charge in [0, 0.05) is 31.1 Å². The summed E-state index contributed by atoms with van der Waals surface area (Å²) in [6.45, 7) is 4.49. The molecule has 3 rings (SSSR count). The average Bonchev–Trinajstić information content (AvgIpc) is 3.01. The van der Waals surface area contributed by atoms with Crippen molar-refractivity contribution in [1.82, 2.24) is 14.8 Å². The average molecular weight is 329 g/mol. The molecule has 1 aromatic heterocycles.